The fraction of sp³-hybridized carbons (Fsp3) is 0.455. The normalized spacial score (nSPS) is 14.2. The molecule has 0 saturated carbocycles. The zero-order chi connectivity index (χ0) is 20.4. The average molecular weight is 424 g/mol. The van der Waals surface area contributed by atoms with E-state index in [0.29, 0.717) is 10.0 Å². The molecule has 2 heterocycles. The van der Waals surface area contributed by atoms with Crippen LogP contribution in [0.1, 0.15) is 25.1 Å². The second-order valence-electron chi connectivity index (χ2n) is 6.59. The van der Waals surface area contributed by atoms with Crippen LogP contribution in [-0.4, -0.2) is 37.9 Å². The molecule has 1 aliphatic rings. The predicted molar refractivity (Wildman–Crippen MR) is 122 cm³/mol. The first kappa shape index (κ1) is 22.8. The Morgan fingerprint density at radius 1 is 1.14 bits per heavy atom. The van der Waals surface area contributed by atoms with Gasteiger partial charge < -0.3 is 19.9 Å². The zero-order valence-corrected chi connectivity index (χ0v) is 18.5. The number of nitrogens with one attached hydrogen (secondary N) is 2. The summed E-state index contributed by atoms with van der Waals surface area (Å²) in [5.41, 5.74) is 4.04. The molecule has 154 valence electrons. The number of aromatic nitrogens is 1. The van der Waals surface area contributed by atoms with Gasteiger partial charge in [0, 0.05) is 44.2 Å². The van der Waals surface area contributed by atoms with E-state index < -0.39 is 0 Å². The van der Waals surface area contributed by atoms with Crippen LogP contribution in [0.25, 0.3) is 10.9 Å². The molecule has 1 aromatic carbocycles. The van der Waals surface area contributed by atoms with Crippen LogP contribution in [0.4, 0.5) is 0 Å². The third-order valence-corrected chi connectivity index (χ3v) is 5.40. The number of methoxy groups -OCH3 is 1. The van der Waals surface area contributed by atoms with Crippen LogP contribution in [0.3, 0.4) is 0 Å². The van der Waals surface area contributed by atoms with Crippen molar-refractivity contribution in [1.29, 1.82) is 0 Å². The summed E-state index contributed by atoms with van der Waals surface area (Å²) in [4.78, 5) is 0. The Morgan fingerprint density at radius 2 is 1.89 bits per heavy atom. The van der Waals surface area contributed by atoms with E-state index in [2.05, 4.69) is 15.2 Å². The summed E-state index contributed by atoms with van der Waals surface area (Å²) in [7, 11) is 1.68. The third-order valence-electron chi connectivity index (χ3n) is 4.68. The van der Waals surface area contributed by atoms with Gasteiger partial charge in [0.15, 0.2) is 0 Å². The van der Waals surface area contributed by atoms with Crippen LogP contribution in [0, 0.1) is 0 Å². The molecule has 0 aliphatic carbocycles. The van der Waals surface area contributed by atoms with Gasteiger partial charge in [-0.25, -0.2) is 0 Å². The van der Waals surface area contributed by atoms with E-state index in [-0.39, 0.29) is 0 Å². The van der Waals surface area contributed by atoms with Crippen LogP contribution in [-0.2, 0) is 24.1 Å². The van der Waals surface area contributed by atoms with Crippen molar-refractivity contribution < 1.29 is 4.74 Å². The Balaban J connectivity index is 0.000000409. The molecule has 0 amide bonds. The summed E-state index contributed by atoms with van der Waals surface area (Å²) >= 11 is 12.5. The summed E-state index contributed by atoms with van der Waals surface area (Å²) in [5, 5.41) is 9.30. The van der Waals surface area contributed by atoms with Crippen molar-refractivity contribution in [1.82, 2.24) is 15.2 Å². The van der Waals surface area contributed by atoms with Gasteiger partial charge in [-0.2, -0.15) is 0 Å². The van der Waals surface area contributed by atoms with E-state index in [9.17, 15) is 0 Å². The zero-order valence-electron chi connectivity index (χ0n) is 17.0. The minimum absolute atomic E-state index is 0.627. The van der Waals surface area contributed by atoms with Gasteiger partial charge in [-0.1, -0.05) is 41.4 Å². The molecule has 6 heteroatoms. The number of benzene rings is 1. The van der Waals surface area contributed by atoms with E-state index in [1.165, 1.54) is 22.2 Å². The lowest BCUT2D eigenvalue weighted by atomic mass is 10.1. The first-order valence-electron chi connectivity index (χ1n) is 9.78. The van der Waals surface area contributed by atoms with E-state index in [1.807, 2.05) is 50.4 Å². The number of fused-ring (bicyclic) bond motifs is 3. The molecule has 0 bridgehead atoms. The fourth-order valence-corrected chi connectivity index (χ4v) is 3.72. The standard InChI is InChI=1S/C17H21Cl2N3.C5H10O/c1-2-5-20-8-9-22-16-4-7-21-6-3-12(16)13-10-14(18)15(19)11-17(13)22;1-3-4-5-6-2/h2,5,10-11,20-21H,3-4,6-9H2,1H3;3-4H,5H2,1-2H3/b5-2+;4-3-. The fourth-order valence-electron chi connectivity index (χ4n) is 3.40. The molecule has 2 aromatic rings. The molecular formula is C22H31Cl2N3O. The number of allylic oxidation sites excluding steroid dienone is 2. The molecule has 28 heavy (non-hydrogen) atoms. The third kappa shape index (κ3) is 6.02. The average Bonchev–Trinajstić information content (AvgIpc) is 2.85. The summed E-state index contributed by atoms with van der Waals surface area (Å²) in [5.74, 6) is 0. The van der Waals surface area contributed by atoms with Crippen LogP contribution < -0.4 is 10.6 Å². The predicted octanol–water partition coefficient (Wildman–Crippen LogP) is 4.97. The highest BCUT2D eigenvalue weighted by atomic mass is 35.5. The van der Waals surface area contributed by atoms with Crippen LogP contribution in [0.2, 0.25) is 10.0 Å². The van der Waals surface area contributed by atoms with Crippen LogP contribution >= 0.6 is 23.2 Å². The number of hydrogen-bond donors (Lipinski definition) is 2. The first-order chi connectivity index (χ1) is 13.6. The van der Waals surface area contributed by atoms with Gasteiger partial charge in [-0.15, -0.1) is 0 Å². The Bertz CT molecular complexity index is 812. The van der Waals surface area contributed by atoms with Gasteiger partial charge in [0.25, 0.3) is 0 Å². The highest BCUT2D eigenvalue weighted by Gasteiger charge is 2.19. The highest BCUT2D eigenvalue weighted by Crippen LogP contribution is 2.34. The molecule has 0 radical (unpaired) electrons. The first-order valence-corrected chi connectivity index (χ1v) is 10.5. The maximum Gasteiger partial charge on any atom is 0.0643 e. The van der Waals surface area contributed by atoms with Crippen molar-refractivity contribution in [2.24, 2.45) is 0 Å². The topological polar surface area (TPSA) is 38.2 Å². The SMILES string of the molecule is C/C=C/NCCn1c2c(c3cc(Cl)c(Cl)cc31)CCNCC2.C/C=C\COC. The molecule has 1 aromatic heterocycles. The Kier molecular flexibility index (Phi) is 9.93. The Labute approximate surface area is 178 Å². The Hall–Kier alpha value is -1.46. The molecule has 0 unspecified atom stereocenters. The van der Waals surface area contributed by atoms with Crippen LogP contribution in [0.5, 0.6) is 0 Å². The van der Waals surface area contributed by atoms with Crippen molar-refractivity contribution in [3.05, 3.63) is 57.9 Å². The maximum absolute atomic E-state index is 6.25. The van der Waals surface area contributed by atoms with Gasteiger partial charge >= 0.3 is 0 Å². The highest BCUT2D eigenvalue weighted by molar-refractivity contribution is 6.42. The van der Waals surface area contributed by atoms with Crippen LogP contribution in [0.15, 0.2) is 36.6 Å². The lowest BCUT2D eigenvalue weighted by molar-refractivity contribution is 0.234. The Morgan fingerprint density at radius 3 is 2.57 bits per heavy atom. The number of ether oxygens (including phenoxy) is 1. The van der Waals surface area contributed by atoms with E-state index in [0.717, 1.165) is 45.6 Å². The van der Waals surface area contributed by atoms with Crippen molar-refractivity contribution in [2.45, 2.75) is 33.2 Å². The van der Waals surface area contributed by atoms with E-state index in [1.54, 1.807) is 7.11 Å². The van der Waals surface area contributed by atoms with Gasteiger partial charge in [0.1, 0.15) is 0 Å². The minimum Gasteiger partial charge on any atom is -0.389 e. The molecule has 0 fully saturated rings. The summed E-state index contributed by atoms with van der Waals surface area (Å²) in [6.45, 7) is 8.58. The van der Waals surface area contributed by atoms with Gasteiger partial charge in [0.2, 0.25) is 0 Å². The minimum atomic E-state index is 0.627. The summed E-state index contributed by atoms with van der Waals surface area (Å²) < 4.78 is 7.09. The van der Waals surface area contributed by atoms with Crippen molar-refractivity contribution >= 4 is 34.1 Å². The summed E-state index contributed by atoms with van der Waals surface area (Å²) in [6, 6.07) is 4.04. The van der Waals surface area contributed by atoms with Gasteiger partial charge in [-0.05, 0) is 50.7 Å². The number of halogens is 2. The number of nitrogens with zero attached hydrogens (tertiary/aromatic N) is 1. The second kappa shape index (κ2) is 12.2. The lowest BCUT2D eigenvalue weighted by Gasteiger charge is -2.11. The lowest BCUT2D eigenvalue weighted by Crippen LogP contribution is -2.19. The molecule has 4 nitrogen and oxygen atoms in total. The van der Waals surface area contributed by atoms with E-state index >= 15 is 0 Å². The maximum atomic E-state index is 6.25. The smallest absolute Gasteiger partial charge is 0.0643 e. The van der Waals surface area contributed by atoms with E-state index in [4.69, 9.17) is 27.9 Å². The second-order valence-corrected chi connectivity index (χ2v) is 7.40. The molecule has 0 atom stereocenters. The van der Waals surface area contributed by atoms with Crippen molar-refractivity contribution in [3.63, 3.8) is 0 Å². The molecule has 0 spiro atoms. The largest absolute Gasteiger partial charge is 0.389 e. The monoisotopic (exact) mass is 423 g/mol. The quantitative estimate of drug-likeness (QED) is 0.508. The van der Waals surface area contributed by atoms with Gasteiger partial charge in [0.05, 0.1) is 22.2 Å². The van der Waals surface area contributed by atoms with Crippen molar-refractivity contribution in [2.75, 3.05) is 33.4 Å². The van der Waals surface area contributed by atoms with Gasteiger partial charge in [-0.3, -0.25) is 0 Å². The molecule has 0 saturated heterocycles. The number of rotatable bonds is 6. The molecule has 3 rings (SSSR count). The van der Waals surface area contributed by atoms with Crippen molar-refractivity contribution in [3.8, 4) is 0 Å². The number of hydrogen-bond acceptors (Lipinski definition) is 3. The molecule has 1 aliphatic heterocycles. The molecule has 2 N–H and O–H groups in total. The summed E-state index contributed by atoms with van der Waals surface area (Å²) in [6.07, 6.45) is 10.00. The molecular weight excluding hydrogens is 393 g/mol.